The van der Waals surface area contributed by atoms with Gasteiger partial charge in [0.25, 0.3) is 0 Å². The van der Waals surface area contributed by atoms with Gasteiger partial charge in [-0.05, 0) is 24.7 Å². The molecule has 2 fully saturated rings. The molecular weight excluding hydrogens is 136 g/mol. The van der Waals surface area contributed by atoms with Crippen LogP contribution in [0.1, 0.15) is 39.0 Å². The molecule has 11 heavy (non-hydrogen) atoms. The van der Waals surface area contributed by atoms with Gasteiger partial charge >= 0.3 is 0 Å². The minimum absolute atomic E-state index is 0.647. The Kier molecular flexibility index (Phi) is 2.17. The highest BCUT2D eigenvalue weighted by molar-refractivity contribution is 4.85. The fourth-order valence-corrected chi connectivity index (χ4v) is 2.66. The van der Waals surface area contributed by atoms with Crippen molar-refractivity contribution >= 4 is 0 Å². The summed E-state index contributed by atoms with van der Waals surface area (Å²) in [5, 5.41) is 0. The molecule has 0 spiro atoms. The largest absolute Gasteiger partial charge is 0.378 e. The minimum atomic E-state index is 0.647. The van der Waals surface area contributed by atoms with Gasteiger partial charge in [0.1, 0.15) is 0 Å². The minimum Gasteiger partial charge on any atom is -0.378 e. The molecule has 1 heterocycles. The number of ether oxygens (including phenoxy) is 1. The zero-order valence-corrected chi connectivity index (χ0v) is 7.38. The van der Waals surface area contributed by atoms with Crippen LogP contribution in [0.2, 0.25) is 0 Å². The van der Waals surface area contributed by atoms with E-state index in [1.807, 2.05) is 0 Å². The van der Waals surface area contributed by atoms with Crippen LogP contribution in [-0.4, -0.2) is 12.7 Å². The van der Waals surface area contributed by atoms with Crippen molar-refractivity contribution in [3.05, 3.63) is 0 Å². The number of hydrogen-bond donors (Lipinski definition) is 0. The average molecular weight is 154 g/mol. The van der Waals surface area contributed by atoms with Crippen LogP contribution in [0, 0.1) is 11.8 Å². The molecule has 3 unspecified atom stereocenters. The maximum atomic E-state index is 5.76. The molecule has 2 aliphatic rings. The van der Waals surface area contributed by atoms with Crippen molar-refractivity contribution in [1.82, 2.24) is 0 Å². The molecule has 0 amide bonds. The van der Waals surface area contributed by atoms with E-state index in [-0.39, 0.29) is 0 Å². The van der Waals surface area contributed by atoms with Gasteiger partial charge in [-0.25, -0.2) is 0 Å². The normalized spacial score (nSPS) is 43.9. The van der Waals surface area contributed by atoms with Crippen molar-refractivity contribution in [1.29, 1.82) is 0 Å². The van der Waals surface area contributed by atoms with E-state index in [1.165, 1.54) is 32.1 Å². The fraction of sp³-hybridized carbons (Fsp3) is 1.00. The summed E-state index contributed by atoms with van der Waals surface area (Å²) in [5.41, 5.74) is 0. The third-order valence-electron chi connectivity index (χ3n) is 3.41. The maximum absolute atomic E-state index is 5.76. The topological polar surface area (TPSA) is 9.23 Å². The van der Waals surface area contributed by atoms with E-state index < -0.39 is 0 Å². The molecule has 0 bridgehead atoms. The highest BCUT2D eigenvalue weighted by Gasteiger charge is 2.37. The van der Waals surface area contributed by atoms with Crippen LogP contribution in [0.25, 0.3) is 0 Å². The lowest BCUT2D eigenvalue weighted by Gasteiger charge is -2.26. The number of rotatable bonds is 1. The fourth-order valence-electron chi connectivity index (χ4n) is 2.66. The summed E-state index contributed by atoms with van der Waals surface area (Å²) in [6, 6.07) is 0. The van der Waals surface area contributed by atoms with E-state index in [0.29, 0.717) is 6.10 Å². The molecule has 0 N–H and O–H groups in total. The molecule has 64 valence electrons. The summed E-state index contributed by atoms with van der Waals surface area (Å²) in [7, 11) is 0. The van der Waals surface area contributed by atoms with Gasteiger partial charge in [0, 0.05) is 0 Å². The van der Waals surface area contributed by atoms with Crippen molar-refractivity contribution < 1.29 is 4.74 Å². The maximum Gasteiger partial charge on any atom is 0.0606 e. The lowest BCUT2D eigenvalue weighted by Crippen LogP contribution is -2.23. The van der Waals surface area contributed by atoms with Gasteiger partial charge in [0.2, 0.25) is 0 Å². The molecule has 0 aromatic carbocycles. The first-order valence-electron chi connectivity index (χ1n) is 5.03. The van der Waals surface area contributed by atoms with Gasteiger partial charge in [-0.1, -0.05) is 26.2 Å². The van der Waals surface area contributed by atoms with Crippen molar-refractivity contribution in [3.8, 4) is 0 Å². The van der Waals surface area contributed by atoms with Crippen molar-refractivity contribution in [2.45, 2.75) is 45.1 Å². The van der Waals surface area contributed by atoms with Gasteiger partial charge in [-0.3, -0.25) is 0 Å². The second-order valence-electron chi connectivity index (χ2n) is 3.99. The third-order valence-corrected chi connectivity index (χ3v) is 3.41. The van der Waals surface area contributed by atoms with E-state index in [2.05, 4.69) is 6.92 Å². The van der Waals surface area contributed by atoms with E-state index >= 15 is 0 Å². The lowest BCUT2D eigenvalue weighted by molar-refractivity contribution is 0.0663. The molecule has 1 nitrogen and oxygen atoms in total. The Morgan fingerprint density at radius 3 is 2.91 bits per heavy atom. The highest BCUT2D eigenvalue weighted by atomic mass is 16.5. The Bertz CT molecular complexity index is 127. The van der Waals surface area contributed by atoms with E-state index in [0.717, 1.165) is 18.4 Å². The predicted molar refractivity (Wildman–Crippen MR) is 45.5 cm³/mol. The first-order chi connectivity index (χ1) is 5.42. The lowest BCUT2D eigenvalue weighted by atomic mass is 9.79. The Balaban J connectivity index is 1.98. The summed E-state index contributed by atoms with van der Waals surface area (Å²) in [4.78, 5) is 0. The summed E-state index contributed by atoms with van der Waals surface area (Å²) < 4.78 is 5.76. The van der Waals surface area contributed by atoms with E-state index in [4.69, 9.17) is 4.74 Å². The summed E-state index contributed by atoms with van der Waals surface area (Å²) >= 11 is 0. The van der Waals surface area contributed by atoms with Crippen LogP contribution in [0.3, 0.4) is 0 Å². The molecule has 1 saturated carbocycles. The molecule has 1 aliphatic heterocycles. The molecule has 3 atom stereocenters. The molecule has 2 rings (SSSR count). The summed E-state index contributed by atoms with van der Waals surface area (Å²) in [5.74, 6) is 1.81. The third kappa shape index (κ3) is 1.31. The Morgan fingerprint density at radius 1 is 1.27 bits per heavy atom. The van der Waals surface area contributed by atoms with E-state index in [9.17, 15) is 0 Å². The van der Waals surface area contributed by atoms with Crippen LogP contribution in [0.5, 0.6) is 0 Å². The van der Waals surface area contributed by atoms with Crippen LogP contribution in [0.4, 0.5) is 0 Å². The second-order valence-corrected chi connectivity index (χ2v) is 3.99. The average Bonchev–Trinajstić information content (AvgIpc) is 2.47. The molecule has 1 aliphatic carbocycles. The van der Waals surface area contributed by atoms with Gasteiger partial charge in [-0.2, -0.15) is 0 Å². The number of fused-ring (bicyclic) bond motifs is 1. The first-order valence-corrected chi connectivity index (χ1v) is 5.03. The second kappa shape index (κ2) is 3.14. The molecule has 0 aromatic heterocycles. The molecular formula is C10H18O. The first kappa shape index (κ1) is 7.60. The smallest absolute Gasteiger partial charge is 0.0606 e. The number of hydrogen-bond acceptors (Lipinski definition) is 1. The van der Waals surface area contributed by atoms with Crippen molar-refractivity contribution in [3.63, 3.8) is 0 Å². The Morgan fingerprint density at radius 2 is 2.09 bits per heavy atom. The van der Waals surface area contributed by atoms with Crippen molar-refractivity contribution in [2.24, 2.45) is 11.8 Å². The standard InChI is InChI=1S/C10H18O/c1-2-8-7-11-10-6-4-3-5-9(8)10/h8-10H,2-7H2,1H3. The van der Waals surface area contributed by atoms with Gasteiger partial charge in [-0.15, -0.1) is 0 Å². The highest BCUT2D eigenvalue weighted by Crippen LogP contribution is 2.39. The SMILES string of the molecule is CCC1COC2CCCCC12. The summed E-state index contributed by atoms with van der Waals surface area (Å²) in [6.07, 6.45) is 7.58. The van der Waals surface area contributed by atoms with Gasteiger partial charge < -0.3 is 4.74 Å². The zero-order valence-electron chi connectivity index (χ0n) is 7.38. The van der Waals surface area contributed by atoms with Crippen LogP contribution in [-0.2, 0) is 4.74 Å². The molecule has 0 radical (unpaired) electrons. The molecule has 1 heteroatoms. The van der Waals surface area contributed by atoms with Crippen LogP contribution in [0.15, 0.2) is 0 Å². The summed E-state index contributed by atoms with van der Waals surface area (Å²) in [6.45, 7) is 3.34. The molecule has 1 saturated heterocycles. The van der Waals surface area contributed by atoms with Crippen molar-refractivity contribution in [2.75, 3.05) is 6.61 Å². The Hall–Kier alpha value is -0.0400. The predicted octanol–water partition coefficient (Wildman–Crippen LogP) is 2.60. The Labute approximate surface area is 69.1 Å². The van der Waals surface area contributed by atoms with Gasteiger partial charge in [0.15, 0.2) is 0 Å². The molecule has 0 aromatic rings. The van der Waals surface area contributed by atoms with Crippen LogP contribution < -0.4 is 0 Å². The van der Waals surface area contributed by atoms with Crippen LogP contribution >= 0.6 is 0 Å². The van der Waals surface area contributed by atoms with E-state index in [1.54, 1.807) is 0 Å². The quantitative estimate of drug-likeness (QED) is 0.564. The zero-order chi connectivity index (χ0) is 7.68. The monoisotopic (exact) mass is 154 g/mol. The van der Waals surface area contributed by atoms with Gasteiger partial charge in [0.05, 0.1) is 12.7 Å².